The van der Waals surface area contributed by atoms with Gasteiger partial charge < -0.3 is 15.1 Å². The Labute approximate surface area is 170 Å². The number of amides is 2. The zero-order chi connectivity index (χ0) is 20.1. The van der Waals surface area contributed by atoms with Gasteiger partial charge >= 0.3 is 0 Å². The highest BCUT2D eigenvalue weighted by atomic mass is 16.2. The normalized spacial score (nSPS) is 17.6. The first-order chi connectivity index (χ1) is 14.2. The van der Waals surface area contributed by atoms with E-state index in [4.69, 9.17) is 0 Å². The average Bonchev–Trinajstić information content (AvgIpc) is 3.21. The van der Waals surface area contributed by atoms with Gasteiger partial charge in [0.25, 0.3) is 5.91 Å². The van der Waals surface area contributed by atoms with Gasteiger partial charge in [0.1, 0.15) is 0 Å². The van der Waals surface area contributed by atoms with Crippen molar-refractivity contribution < 1.29 is 9.59 Å². The summed E-state index contributed by atoms with van der Waals surface area (Å²) < 4.78 is 0. The maximum absolute atomic E-state index is 12.4. The van der Waals surface area contributed by atoms with Gasteiger partial charge in [0.15, 0.2) is 0 Å². The minimum Gasteiger partial charge on any atom is -0.351 e. The Morgan fingerprint density at radius 1 is 1.00 bits per heavy atom. The molecule has 2 saturated heterocycles. The van der Waals surface area contributed by atoms with Crippen LogP contribution in [0.4, 0.5) is 11.6 Å². The lowest BCUT2D eigenvalue weighted by atomic mass is 10.2. The molecule has 2 fully saturated rings. The van der Waals surface area contributed by atoms with Crippen LogP contribution in [0.1, 0.15) is 23.2 Å². The zero-order valence-corrected chi connectivity index (χ0v) is 16.5. The minimum atomic E-state index is -0.0828. The van der Waals surface area contributed by atoms with Gasteiger partial charge in [-0.3, -0.25) is 14.5 Å². The van der Waals surface area contributed by atoms with Crippen molar-refractivity contribution in [3.8, 4) is 0 Å². The molecule has 2 amide bonds. The number of nitrogens with zero attached hydrogens (tertiary/aromatic N) is 5. The Hall–Kier alpha value is -3.00. The summed E-state index contributed by atoms with van der Waals surface area (Å²) >= 11 is 0. The number of rotatable bonds is 6. The molecule has 0 bridgehead atoms. The van der Waals surface area contributed by atoms with Crippen LogP contribution in [0.3, 0.4) is 0 Å². The molecule has 29 heavy (non-hydrogen) atoms. The van der Waals surface area contributed by atoms with E-state index in [1.54, 1.807) is 29.4 Å². The average molecular weight is 394 g/mol. The van der Waals surface area contributed by atoms with Gasteiger partial charge in [0, 0.05) is 75.9 Å². The number of nitrogens with one attached hydrogen (secondary N) is 1. The highest BCUT2D eigenvalue weighted by molar-refractivity contribution is 5.97. The molecule has 8 nitrogen and oxygen atoms in total. The highest BCUT2D eigenvalue weighted by Gasteiger charge is 2.22. The Bertz CT molecular complexity index is 834. The van der Waals surface area contributed by atoms with Crippen LogP contribution in [-0.4, -0.2) is 72.5 Å². The molecule has 0 atom stereocenters. The molecular weight excluding hydrogens is 368 g/mol. The van der Waals surface area contributed by atoms with Crippen LogP contribution in [0.5, 0.6) is 0 Å². The van der Waals surface area contributed by atoms with Gasteiger partial charge in [-0.2, -0.15) is 0 Å². The SMILES string of the molecule is O=C(NCCN1CCN(c2ncccn2)CC1)c1ccc(N2CCCC2=O)cc1. The van der Waals surface area contributed by atoms with Crippen LogP contribution in [0, 0.1) is 0 Å². The lowest BCUT2D eigenvalue weighted by molar-refractivity contribution is -0.117. The standard InChI is InChI=1S/C21H26N6O2/c28-19-3-1-11-27(19)18-6-4-17(5-7-18)20(29)22-10-12-25-13-15-26(16-14-25)21-23-8-2-9-24-21/h2,4-9H,1,3,10-16H2,(H,22,29). The van der Waals surface area contributed by atoms with Crippen LogP contribution in [-0.2, 0) is 4.79 Å². The van der Waals surface area contributed by atoms with Crippen molar-refractivity contribution >= 4 is 23.5 Å². The summed E-state index contributed by atoms with van der Waals surface area (Å²) in [4.78, 5) is 39.1. The van der Waals surface area contributed by atoms with Crippen LogP contribution in [0.25, 0.3) is 0 Å². The van der Waals surface area contributed by atoms with Gasteiger partial charge in [-0.15, -0.1) is 0 Å². The molecule has 0 aliphatic carbocycles. The molecule has 1 aromatic carbocycles. The van der Waals surface area contributed by atoms with Crippen molar-refractivity contribution in [2.75, 3.05) is 55.6 Å². The highest BCUT2D eigenvalue weighted by Crippen LogP contribution is 2.21. The molecule has 152 valence electrons. The molecule has 4 rings (SSSR count). The number of piperazine rings is 1. The number of hydrogen-bond acceptors (Lipinski definition) is 6. The Balaban J connectivity index is 1.20. The predicted molar refractivity (Wildman–Crippen MR) is 111 cm³/mol. The summed E-state index contributed by atoms with van der Waals surface area (Å²) in [6.45, 7) is 5.79. The fourth-order valence-corrected chi connectivity index (χ4v) is 3.77. The third-order valence-corrected chi connectivity index (χ3v) is 5.44. The quantitative estimate of drug-likeness (QED) is 0.792. The second-order valence-electron chi connectivity index (χ2n) is 7.33. The fourth-order valence-electron chi connectivity index (χ4n) is 3.77. The lowest BCUT2D eigenvalue weighted by Gasteiger charge is -2.34. The monoisotopic (exact) mass is 394 g/mol. The lowest BCUT2D eigenvalue weighted by Crippen LogP contribution is -2.49. The molecule has 0 radical (unpaired) electrons. The van der Waals surface area contributed by atoms with Gasteiger partial charge in [0.2, 0.25) is 11.9 Å². The topological polar surface area (TPSA) is 81.7 Å². The van der Waals surface area contributed by atoms with E-state index in [0.29, 0.717) is 18.5 Å². The van der Waals surface area contributed by atoms with Crippen molar-refractivity contribution in [1.82, 2.24) is 20.2 Å². The van der Waals surface area contributed by atoms with Gasteiger partial charge in [0.05, 0.1) is 0 Å². The smallest absolute Gasteiger partial charge is 0.251 e. The van der Waals surface area contributed by atoms with E-state index < -0.39 is 0 Å². The molecule has 0 spiro atoms. The third kappa shape index (κ3) is 4.71. The van der Waals surface area contributed by atoms with Crippen LogP contribution in [0.15, 0.2) is 42.7 Å². The van der Waals surface area contributed by atoms with Crippen molar-refractivity contribution in [3.05, 3.63) is 48.3 Å². The molecule has 2 aliphatic rings. The summed E-state index contributed by atoms with van der Waals surface area (Å²) in [7, 11) is 0. The number of carbonyl (C=O) groups excluding carboxylic acids is 2. The first-order valence-electron chi connectivity index (χ1n) is 10.1. The molecule has 2 aromatic rings. The number of carbonyl (C=O) groups is 2. The third-order valence-electron chi connectivity index (χ3n) is 5.44. The van der Waals surface area contributed by atoms with Gasteiger partial charge in [-0.1, -0.05) is 0 Å². The number of benzene rings is 1. The second kappa shape index (κ2) is 9.00. The van der Waals surface area contributed by atoms with Crippen molar-refractivity contribution in [1.29, 1.82) is 0 Å². The number of anilines is 2. The van der Waals surface area contributed by atoms with Crippen LogP contribution >= 0.6 is 0 Å². The van der Waals surface area contributed by atoms with E-state index in [9.17, 15) is 9.59 Å². The Morgan fingerprint density at radius 2 is 1.72 bits per heavy atom. The maximum Gasteiger partial charge on any atom is 0.251 e. The Kier molecular flexibility index (Phi) is 6.00. The zero-order valence-electron chi connectivity index (χ0n) is 16.5. The van der Waals surface area contributed by atoms with Gasteiger partial charge in [-0.25, -0.2) is 9.97 Å². The van der Waals surface area contributed by atoms with E-state index in [1.807, 2.05) is 18.2 Å². The number of hydrogen-bond donors (Lipinski definition) is 1. The summed E-state index contributed by atoms with van der Waals surface area (Å²) in [6, 6.07) is 9.09. The van der Waals surface area contributed by atoms with Crippen molar-refractivity contribution in [2.45, 2.75) is 12.8 Å². The molecule has 1 N–H and O–H groups in total. The summed E-state index contributed by atoms with van der Waals surface area (Å²) in [5.41, 5.74) is 1.48. The summed E-state index contributed by atoms with van der Waals surface area (Å²) in [5.74, 6) is 0.848. The van der Waals surface area contributed by atoms with E-state index >= 15 is 0 Å². The largest absolute Gasteiger partial charge is 0.351 e. The van der Waals surface area contributed by atoms with Crippen LogP contribution < -0.4 is 15.1 Å². The molecule has 0 saturated carbocycles. The molecule has 8 heteroatoms. The second-order valence-corrected chi connectivity index (χ2v) is 7.33. The predicted octanol–water partition coefficient (Wildman–Crippen LogP) is 1.16. The number of aromatic nitrogens is 2. The molecule has 0 unspecified atom stereocenters. The van der Waals surface area contributed by atoms with E-state index in [-0.39, 0.29) is 11.8 Å². The molecular formula is C21H26N6O2. The molecule has 3 heterocycles. The fraction of sp³-hybridized carbons (Fsp3) is 0.429. The van der Waals surface area contributed by atoms with Gasteiger partial charge in [-0.05, 0) is 36.8 Å². The molecule has 2 aliphatic heterocycles. The Morgan fingerprint density at radius 3 is 2.38 bits per heavy atom. The first kappa shape index (κ1) is 19.3. The first-order valence-corrected chi connectivity index (χ1v) is 10.1. The van der Waals surface area contributed by atoms with E-state index in [0.717, 1.165) is 57.3 Å². The molecule has 1 aromatic heterocycles. The van der Waals surface area contributed by atoms with Crippen molar-refractivity contribution in [3.63, 3.8) is 0 Å². The van der Waals surface area contributed by atoms with Crippen LogP contribution in [0.2, 0.25) is 0 Å². The summed E-state index contributed by atoms with van der Waals surface area (Å²) in [6.07, 6.45) is 5.03. The maximum atomic E-state index is 12.4. The van der Waals surface area contributed by atoms with E-state index in [2.05, 4.69) is 25.1 Å². The minimum absolute atomic E-state index is 0.0828. The van der Waals surface area contributed by atoms with Crippen molar-refractivity contribution in [2.24, 2.45) is 0 Å². The summed E-state index contributed by atoms with van der Waals surface area (Å²) in [5, 5.41) is 2.99. The van der Waals surface area contributed by atoms with E-state index in [1.165, 1.54) is 0 Å².